The molecule has 3 heterocycles. The van der Waals surface area contributed by atoms with Crippen molar-refractivity contribution in [2.75, 3.05) is 19.1 Å². The van der Waals surface area contributed by atoms with Crippen LogP contribution < -0.4 is 10.2 Å². The third-order valence-corrected chi connectivity index (χ3v) is 3.29. The van der Waals surface area contributed by atoms with Crippen LogP contribution >= 0.6 is 0 Å². The first-order chi connectivity index (χ1) is 10.2. The van der Waals surface area contributed by atoms with Gasteiger partial charge in [0.15, 0.2) is 0 Å². The molecule has 0 atom stereocenters. The molecule has 0 unspecified atom stereocenters. The molecule has 6 nitrogen and oxygen atoms in total. The third-order valence-electron chi connectivity index (χ3n) is 3.29. The Balaban J connectivity index is 1.87. The number of amidine groups is 1. The number of methoxy groups -OCH3 is 1. The van der Waals surface area contributed by atoms with Crippen molar-refractivity contribution in [3.8, 4) is 17.0 Å². The minimum absolute atomic E-state index is 0.550. The lowest BCUT2D eigenvalue weighted by Crippen LogP contribution is -2.16. The van der Waals surface area contributed by atoms with Gasteiger partial charge in [-0.1, -0.05) is 13.8 Å². The maximum atomic E-state index is 5.22. The van der Waals surface area contributed by atoms with Crippen molar-refractivity contribution in [3.63, 3.8) is 0 Å². The number of aliphatic imine (C=N–C) groups is 1. The fraction of sp³-hybridized carbons (Fsp3) is 0.400. The standard InChI is InChI=1S/C15H19N5O/c1-10(2)6-17-14-5-15-18-9-13(20(15)19-14)11-4-12(21-3)8-16-7-11/h4,7-10H,5-6H2,1-3H3,(H,17,19). The number of pyridine rings is 1. The van der Waals surface area contributed by atoms with E-state index < -0.39 is 0 Å². The van der Waals surface area contributed by atoms with E-state index in [0.717, 1.165) is 41.6 Å². The van der Waals surface area contributed by atoms with Gasteiger partial charge in [-0.15, -0.1) is 0 Å². The van der Waals surface area contributed by atoms with E-state index in [9.17, 15) is 0 Å². The van der Waals surface area contributed by atoms with E-state index in [0.29, 0.717) is 5.92 Å². The van der Waals surface area contributed by atoms with Gasteiger partial charge in [0.1, 0.15) is 17.4 Å². The quantitative estimate of drug-likeness (QED) is 0.934. The molecular weight excluding hydrogens is 266 g/mol. The van der Waals surface area contributed by atoms with Gasteiger partial charge in [-0.3, -0.25) is 15.4 Å². The first-order valence-corrected chi connectivity index (χ1v) is 7.03. The highest BCUT2D eigenvalue weighted by atomic mass is 16.5. The van der Waals surface area contributed by atoms with E-state index >= 15 is 0 Å². The Morgan fingerprint density at radius 1 is 1.38 bits per heavy atom. The average molecular weight is 285 g/mol. The Morgan fingerprint density at radius 3 is 3.00 bits per heavy atom. The number of imidazole rings is 1. The Kier molecular flexibility index (Phi) is 3.60. The first-order valence-electron chi connectivity index (χ1n) is 7.03. The molecular formula is C15H19N5O. The van der Waals surface area contributed by atoms with E-state index in [1.54, 1.807) is 19.5 Å². The second-order valence-corrected chi connectivity index (χ2v) is 5.48. The summed E-state index contributed by atoms with van der Waals surface area (Å²) in [6.07, 6.45) is 6.08. The second kappa shape index (κ2) is 5.55. The zero-order valence-electron chi connectivity index (χ0n) is 12.5. The molecule has 1 N–H and O–H groups in total. The Labute approximate surface area is 123 Å². The lowest BCUT2D eigenvalue weighted by Gasteiger charge is -2.08. The van der Waals surface area contributed by atoms with Crippen molar-refractivity contribution < 1.29 is 4.74 Å². The van der Waals surface area contributed by atoms with Crippen molar-refractivity contribution in [1.82, 2.24) is 14.6 Å². The SMILES string of the molecule is COc1cncc(-c2cnc3n2NC(=NCC(C)C)C3)c1. The van der Waals surface area contributed by atoms with Crippen LogP contribution in [0.5, 0.6) is 5.75 Å². The van der Waals surface area contributed by atoms with Crippen LogP contribution in [0.3, 0.4) is 0 Å². The summed E-state index contributed by atoms with van der Waals surface area (Å²) < 4.78 is 7.19. The van der Waals surface area contributed by atoms with Crippen LogP contribution in [0.25, 0.3) is 11.3 Å². The molecule has 0 spiro atoms. The number of hydrogen-bond acceptors (Lipinski definition) is 4. The number of hydrogen-bond donors (Lipinski definition) is 1. The second-order valence-electron chi connectivity index (χ2n) is 5.48. The fourth-order valence-corrected chi connectivity index (χ4v) is 2.22. The normalized spacial score (nSPS) is 15.3. The van der Waals surface area contributed by atoms with E-state index in [1.807, 2.05) is 16.9 Å². The smallest absolute Gasteiger partial charge is 0.137 e. The van der Waals surface area contributed by atoms with Gasteiger partial charge < -0.3 is 4.74 Å². The zero-order valence-corrected chi connectivity index (χ0v) is 12.5. The summed E-state index contributed by atoms with van der Waals surface area (Å²) in [7, 11) is 1.64. The van der Waals surface area contributed by atoms with Crippen molar-refractivity contribution in [1.29, 1.82) is 0 Å². The summed E-state index contributed by atoms with van der Waals surface area (Å²) in [6, 6.07) is 1.95. The molecule has 110 valence electrons. The summed E-state index contributed by atoms with van der Waals surface area (Å²) in [5, 5.41) is 0. The number of rotatable bonds is 4. The number of aromatic nitrogens is 3. The molecule has 2 aromatic heterocycles. The maximum absolute atomic E-state index is 5.22. The molecule has 0 saturated heterocycles. The van der Waals surface area contributed by atoms with Crippen LogP contribution in [-0.2, 0) is 6.42 Å². The van der Waals surface area contributed by atoms with Gasteiger partial charge in [0.05, 0.1) is 31.6 Å². The van der Waals surface area contributed by atoms with Crippen LogP contribution in [0.2, 0.25) is 0 Å². The molecule has 0 amide bonds. The average Bonchev–Trinajstić information content (AvgIpc) is 3.04. The lowest BCUT2D eigenvalue weighted by molar-refractivity contribution is 0.413. The molecule has 3 rings (SSSR count). The van der Waals surface area contributed by atoms with Gasteiger partial charge in [-0.05, 0) is 12.0 Å². The minimum Gasteiger partial charge on any atom is -0.495 e. The molecule has 0 radical (unpaired) electrons. The van der Waals surface area contributed by atoms with Crippen LogP contribution in [0.15, 0.2) is 29.6 Å². The van der Waals surface area contributed by atoms with Gasteiger partial charge >= 0.3 is 0 Å². The van der Waals surface area contributed by atoms with Gasteiger partial charge in [-0.25, -0.2) is 9.66 Å². The van der Waals surface area contributed by atoms with Gasteiger partial charge in [-0.2, -0.15) is 0 Å². The van der Waals surface area contributed by atoms with Crippen LogP contribution in [0, 0.1) is 5.92 Å². The fourth-order valence-electron chi connectivity index (χ4n) is 2.22. The van der Waals surface area contributed by atoms with E-state index in [4.69, 9.17) is 4.74 Å². The summed E-state index contributed by atoms with van der Waals surface area (Å²) in [5.41, 5.74) is 5.24. The molecule has 1 aliphatic heterocycles. The summed E-state index contributed by atoms with van der Waals surface area (Å²) in [5.74, 6) is 3.21. The van der Waals surface area contributed by atoms with Crippen LogP contribution in [0.4, 0.5) is 0 Å². The summed E-state index contributed by atoms with van der Waals surface area (Å²) >= 11 is 0. The van der Waals surface area contributed by atoms with Crippen molar-refractivity contribution >= 4 is 5.84 Å². The highest BCUT2D eigenvalue weighted by Crippen LogP contribution is 2.24. The highest BCUT2D eigenvalue weighted by Gasteiger charge is 2.21. The predicted molar refractivity (Wildman–Crippen MR) is 82.2 cm³/mol. The largest absolute Gasteiger partial charge is 0.495 e. The van der Waals surface area contributed by atoms with Gasteiger partial charge in [0, 0.05) is 18.3 Å². The summed E-state index contributed by atoms with van der Waals surface area (Å²) in [6.45, 7) is 5.14. The summed E-state index contributed by atoms with van der Waals surface area (Å²) in [4.78, 5) is 13.2. The molecule has 6 heteroatoms. The molecule has 0 aromatic carbocycles. The monoisotopic (exact) mass is 285 g/mol. The Morgan fingerprint density at radius 2 is 2.24 bits per heavy atom. The van der Waals surface area contributed by atoms with E-state index in [2.05, 4.69) is 34.2 Å². The molecule has 0 bridgehead atoms. The maximum Gasteiger partial charge on any atom is 0.137 e. The molecule has 0 fully saturated rings. The topological polar surface area (TPSA) is 64.3 Å². The van der Waals surface area contributed by atoms with Crippen LogP contribution in [-0.4, -0.2) is 34.1 Å². The third kappa shape index (κ3) is 2.74. The van der Waals surface area contributed by atoms with Crippen molar-refractivity contribution in [3.05, 3.63) is 30.5 Å². The first kappa shape index (κ1) is 13.6. The van der Waals surface area contributed by atoms with E-state index in [-0.39, 0.29) is 0 Å². The van der Waals surface area contributed by atoms with Crippen molar-refractivity contribution in [2.45, 2.75) is 20.3 Å². The lowest BCUT2D eigenvalue weighted by atomic mass is 10.2. The number of nitrogens with zero attached hydrogens (tertiary/aromatic N) is 4. The molecule has 0 aliphatic carbocycles. The van der Waals surface area contributed by atoms with E-state index in [1.165, 1.54) is 0 Å². The Hall–Kier alpha value is -2.37. The molecule has 21 heavy (non-hydrogen) atoms. The van der Waals surface area contributed by atoms with Crippen LogP contribution in [0.1, 0.15) is 19.7 Å². The molecule has 2 aromatic rings. The molecule has 1 aliphatic rings. The van der Waals surface area contributed by atoms with Crippen molar-refractivity contribution in [2.24, 2.45) is 10.9 Å². The zero-order chi connectivity index (χ0) is 14.8. The number of fused-ring (bicyclic) bond motifs is 1. The molecule has 0 saturated carbocycles. The minimum atomic E-state index is 0.550. The predicted octanol–water partition coefficient (Wildman–Crippen LogP) is 2.11. The number of ether oxygens (including phenoxy) is 1. The Bertz CT molecular complexity index is 674. The highest BCUT2D eigenvalue weighted by molar-refractivity contribution is 5.94. The van der Waals surface area contributed by atoms with Gasteiger partial charge in [0.25, 0.3) is 0 Å². The van der Waals surface area contributed by atoms with Gasteiger partial charge in [0.2, 0.25) is 0 Å². The number of nitrogens with one attached hydrogen (secondary N) is 1.